The first-order chi connectivity index (χ1) is 8.38. The Morgan fingerprint density at radius 3 is 2.44 bits per heavy atom. The van der Waals surface area contributed by atoms with Gasteiger partial charge in [-0.25, -0.2) is 8.78 Å². The Morgan fingerprint density at radius 2 is 2.00 bits per heavy atom. The molecule has 100 valence electrons. The summed E-state index contributed by atoms with van der Waals surface area (Å²) in [6, 6.07) is 1.57. The smallest absolute Gasteiger partial charge is 0.295 e. The summed E-state index contributed by atoms with van der Waals surface area (Å²) in [4.78, 5) is 10.1. The highest BCUT2D eigenvalue weighted by Crippen LogP contribution is 2.30. The summed E-state index contributed by atoms with van der Waals surface area (Å²) >= 11 is 0. The Balaban J connectivity index is 3.20. The van der Waals surface area contributed by atoms with E-state index < -0.39 is 22.2 Å². The van der Waals surface area contributed by atoms with Crippen LogP contribution in [0.25, 0.3) is 0 Å². The van der Waals surface area contributed by atoms with Crippen molar-refractivity contribution < 1.29 is 13.7 Å². The van der Waals surface area contributed by atoms with Crippen molar-refractivity contribution in [1.29, 1.82) is 0 Å². The average Bonchev–Trinajstić information content (AvgIpc) is 2.30. The molecule has 4 nitrogen and oxygen atoms in total. The predicted molar refractivity (Wildman–Crippen MR) is 65.6 cm³/mol. The highest BCUT2D eigenvalue weighted by molar-refractivity contribution is 5.63. The minimum Gasteiger partial charge on any atom is -0.374 e. The van der Waals surface area contributed by atoms with Crippen molar-refractivity contribution in [2.45, 2.75) is 33.2 Å². The molecule has 0 aromatic heterocycles. The summed E-state index contributed by atoms with van der Waals surface area (Å²) in [5.74, 6) is -2.15. The molecule has 0 bridgehead atoms. The Morgan fingerprint density at radius 1 is 1.39 bits per heavy atom. The molecule has 0 spiro atoms. The van der Waals surface area contributed by atoms with Crippen molar-refractivity contribution in [3.63, 3.8) is 0 Å². The minimum atomic E-state index is -1.21. The van der Waals surface area contributed by atoms with Crippen LogP contribution < -0.4 is 5.32 Å². The number of rotatable bonds is 5. The standard InChI is InChI=1S/C12H16F2N2O2/c1-4-9(7(2)3)15-12-10(16(17)18)6-5-8(13)11(12)14/h5-7,9,15H,4H2,1-3H3. The third-order valence-electron chi connectivity index (χ3n) is 2.84. The molecular formula is C12H16F2N2O2. The van der Waals surface area contributed by atoms with Gasteiger partial charge in [-0.1, -0.05) is 20.8 Å². The lowest BCUT2D eigenvalue weighted by molar-refractivity contribution is -0.384. The molecule has 0 radical (unpaired) electrons. The van der Waals surface area contributed by atoms with Crippen LogP contribution in [0.5, 0.6) is 0 Å². The van der Waals surface area contributed by atoms with Crippen molar-refractivity contribution in [3.8, 4) is 0 Å². The van der Waals surface area contributed by atoms with E-state index in [2.05, 4.69) is 5.32 Å². The van der Waals surface area contributed by atoms with E-state index in [0.29, 0.717) is 6.42 Å². The molecule has 0 saturated heterocycles. The maximum atomic E-state index is 13.6. The van der Waals surface area contributed by atoms with Crippen LogP contribution in [0.15, 0.2) is 12.1 Å². The van der Waals surface area contributed by atoms with Gasteiger partial charge in [-0.3, -0.25) is 10.1 Å². The molecule has 0 saturated carbocycles. The maximum Gasteiger partial charge on any atom is 0.295 e. The van der Waals surface area contributed by atoms with Crippen LogP contribution in [0.1, 0.15) is 27.2 Å². The first kappa shape index (κ1) is 14.3. The number of nitrogens with zero attached hydrogens (tertiary/aromatic N) is 1. The fourth-order valence-corrected chi connectivity index (χ4v) is 1.76. The second kappa shape index (κ2) is 5.75. The van der Waals surface area contributed by atoms with Gasteiger partial charge in [0.05, 0.1) is 4.92 Å². The summed E-state index contributed by atoms with van der Waals surface area (Å²) in [6.45, 7) is 5.69. The third kappa shape index (κ3) is 2.94. The SMILES string of the molecule is CCC(Nc1c([N+](=O)[O-])ccc(F)c1F)C(C)C. The molecule has 0 aliphatic rings. The van der Waals surface area contributed by atoms with Crippen LogP contribution in [0.3, 0.4) is 0 Å². The number of halogens is 2. The van der Waals surface area contributed by atoms with Gasteiger partial charge in [-0.15, -0.1) is 0 Å². The Kier molecular flexibility index (Phi) is 4.58. The van der Waals surface area contributed by atoms with Crippen LogP contribution >= 0.6 is 0 Å². The van der Waals surface area contributed by atoms with E-state index in [0.717, 1.165) is 12.1 Å². The van der Waals surface area contributed by atoms with Gasteiger partial charge in [0, 0.05) is 12.1 Å². The van der Waals surface area contributed by atoms with E-state index in [1.807, 2.05) is 20.8 Å². The lowest BCUT2D eigenvalue weighted by Gasteiger charge is -2.22. The topological polar surface area (TPSA) is 55.2 Å². The van der Waals surface area contributed by atoms with Gasteiger partial charge >= 0.3 is 0 Å². The summed E-state index contributed by atoms with van der Waals surface area (Å²) in [7, 11) is 0. The first-order valence-corrected chi connectivity index (χ1v) is 5.77. The van der Waals surface area contributed by atoms with E-state index in [9.17, 15) is 18.9 Å². The molecule has 0 aliphatic heterocycles. The van der Waals surface area contributed by atoms with Crippen LogP contribution in [0.4, 0.5) is 20.2 Å². The lowest BCUT2D eigenvalue weighted by Crippen LogP contribution is -2.25. The van der Waals surface area contributed by atoms with Gasteiger partial charge in [-0.05, 0) is 18.4 Å². The number of benzene rings is 1. The molecule has 1 rings (SSSR count). The highest BCUT2D eigenvalue weighted by Gasteiger charge is 2.24. The van der Waals surface area contributed by atoms with Gasteiger partial charge in [-0.2, -0.15) is 0 Å². The molecule has 1 N–H and O–H groups in total. The third-order valence-corrected chi connectivity index (χ3v) is 2.84. The van der Waals surface area contributed by atoms with E-state index in [1.165, 1.54) is 0 Å². The summed E-state index contributed by atoms with van der Waals surface area (Å²) in [5, 5.41) is 13.5. The Bertz CT molecular complexity index is 450. The number of nitro groups is 1. The molecule has 0 amide bonds. The second-order valence-electron chi connectivity index (χ2n) is 4.42. The van der Waals surface area contributed by atoms with E-state index in [4.69, 9.17) is 0 Å². The monoisotopic (exact) mass is 258 g/mol. The number of nitrogens with one attached hydrogen (secondary N) is 1. The fourth-order valence-electron chi connectivity index (χ4n) is 1.76. The van der Waals surface area contributed by atoms with Crippen LogP contribution in [0.2, 0.25) is 0 Å². The fraction of sp³-hybridized carbons (Fsp3) is 0.500. The van der Waals surface area contributed by atoms with Gasteiger partial charge in [0.2, 0.25) is 0 Å². The van der Waals surface area contributed by atoms with Crippen LogP contribution in [-0.4, -0.2) is 11.0 Å². The molecule has 1 aromatic rings. The summed E-state index contributed by atoms with van der Waals surface area (Å²) in [5.41, 5.74) is -0.825. The minimum absolute atomic E-state index is 0.150. The number of nitro benzene ring substituents is 1. The number of hydrogen-bond acceptors (Lipinski definition) is 3. The van der Waals surface area contributed by atoms with Gasteiger partial charge in [0.25, 0.3) is 5.69 Å². The molecular weight excluding hydrogens is 242 g/mol. The number of anilines is 1. The van der Waals surface area contributed by atoms with Crippen molar-refractivity contribution in [2.75, 3.05) is 5.32 Å². The van der Waals surface area contributed by atoms with Crippen molar-refractivity contribution in [1.82, 2.24) is 0 Å². The zero-order chi connectivity index (χ0) is 13.9. The molecule has 0 fully saturated rings. The van der Waals surface area contributed by atoms with Crippen LogP contribution in [-0.2, 0) is 0 Å². The van der Waals surface area contributed by atoms with Crippen molar-refractivity contribution >= 4 is 11.4 Å². The maximum absolute atomic E-state index is 13.6. The van der Waals surface area contributed by atoms with E-state index in [1.54, 1.807) is 0 Å². The molecule has 18 heavy (non-hydrogen) atoms. The predicted octanol–water partition coefficient (Wildman–Crippen LogP) is 3.72. The number of hydrogen-bond donors (Lipinski definition) is 1. The zero-order valence-corrected chi connectivity index (χ0v) is 10.5. The van der Waals surface area contributed by atoms with Gasteiger partial charge in [0.1, 0.15) is 0 Å². The lowest BCUT2D eigenvalue weighted by atomic mass is 10.0. The van der Waals surface area contributed by atoms with E-state index in [-0.39, 0.29) is 17.6 Å². The molecule has 0 heterocycles. The first-order valence-electron chi connectivity index (χ1n) is 5.77. The molecule has 1 atom stereocenters. The Labute approximate surface area is 104 Å². The molecule has 0 aliphatic carbocycles. The zero-order valence-electron chi connectivity index (χ0n) is 10.5. The normalized spacial score (nSPS) is 12.6. The Hall–Kier alpha value is -1.72. The molecule has 1 unspecified atom stereocenters. The van der Waals surface area contributed by atoms with Crippen LogP contribution in [0, 0.1) is 27.7 Å². The van der Waals surface area contributed by atoms with Gasteiger partial charge < -0.3 is 5.32 Å². The second-order valence-corrected chi connectivity index (χ2v) is 4.42. The average molecular weight is 258 g/mol. The quantitative estimate of drug-likeness (QED) is 0.646. The van der Waals surface area contributed by atoms with Gasteiger partial charge in [0.15, 0.2) is 17.3 Å². The highest BCUT2D eigenvalue weighted by atomic mass is 19.2. The molecule has 1 aromatic carbocycles. The summed E-state index contributed by atoms with van der Waals surface area (Å²) < 4.78 is 26.8. The largest absolute Gasteiger partial charge is 0.374 e. The van der Waals surface area contributed by atoms with Crippen molar-refractivity contribution in [3.05, 3.63) is 33.9 Å². The molecule has 6 heteroatoms. The summed E-state index contributed by atoms with van der Waals surface area (Å²) in [6.07, 6.45) is 0.658. The van der Waals surface area contributed by atoms with Crippen molar-refractivity contribution in [2.24, 2.45) is 5.92 Å². The van der Waals surface area contributed by atoms with E-state index >= 15 is 0 Å².